The SMILES string of the molecule is COc1ccc(OC)c([C@H]2CCCN2S(=O)(=O)c2ccc([N+](=O)[O-])cc2)c1. The number of nitro groups is 1. The smallest absolute Gasteiger partial charge is 0.269 e. The van der Waals surface area contributed by atoms with E-state index in [4.69, 9.17) is 9.47 Å². The normalized spacial score (nSPS) is 17.6. The predicted octanol–water partition coefficient (Wildman–Crippen LogP) is 3.14. The Hall–Kier alpha value is -2.65. The minimum atomic E-state index is -3.81. The molecule has 144 valence electrons. The summed E-state index contributed by atoms with van der Waals surface area (Å²) in [4.78, 5) is 10.3. The van der Waals surface area contributed by atoms with Crippen LogP contribution in [0.4, 0.5) is 5.69 Å². The Kier molecular flexibility index (Phi) is 5.33. The fourth-order valence-electron chi connectivity index (χ4n) is 3.31. The highest BCUT2D eigenvalue weighted by Gasteiger charge is 2.37. The van der Waals surface area contributed by atoms with Gasteiger partial charge >= 0.3 is 0 Å². The number of ether oxygens (including phenoxy) is 2. The van der Waals surface area contributed by atoms with E-state index < -0.39 is 21.0 Å². The summed E-state index contributed by atoms with van der Waals surface area (Å²) in [5, 5.41) is 10.8. The lowest BCUT2D eigenvalue weighted by atomic mass is 10.0. The third kappa shape index (κ3) is 3.60. The first-order valence-corrected chi connectivity index (χ1v) is 9.80. The number of benzene rings is 2. The first-order valence-electron chi connectivity index (χ1n) is 8.36. The van der Waals surface area contributed by atoms with Gasteiger partial charge in [0.25, 0.3) is 5.69 Å². The van der Waals surface area contributed by atoms with Crippen LogP contribution in [0.25, 0.3) is 0 Å². The minimum Gasteiger partial charge on any atom is -0.497 e. The van der Waals surface area contributed by atoms with Crippen molar-refractivity contribution in [3.8, 4) is 11.5 Å². The summed E-state index contributed by atoms with van der Waals surface area (Å²) in [7, 11) is -0.724. The number of methoxy groups -OCH3 is 2. The maximum Gasteiger partial charge on any atom is 0.269 e. The van der Waals surface area contributed by atoms with E-state index in [-0.39, 0.29) is 10.6 Å². The number of nitro benzene ring substituents is 1. The zero-order valence-electron chi connectivity index (χ0n) is 15.0. The topological polar surface area (TPSA) is 99.0 Å². The Labute approximate surface area is 157 Å². The molecule has 27 heavy (non-hydrogen) atoms. The van der Waals surface area contributed by atoms with Crippen LogP contribution >= 0.6 is 0 Å². The summed E-state index contributed by atoms with van der Waals surface area (Å²) >= 11 is 0. The predicted molar refractivity (Wildman–Crippen MR) is 98.5 cm³/mol. The van der Waals surface area contributed by atoms with Gasteiger partial charge in [-0.3, -0.25) is 10.1 Å². The van der Waals surface area contributed by atoms with E-state index in [0.29, 0.717) is 30.9 Å². The minimum absolute atomic E-state index is 0.0295. The molecule has 0 aliphatic carbocycles. The van der Waals surface area contributed by atoms with Crippen LogP contribution in [-0.2, 0) is 10.0 Å². The van der Waals surface area contributed by atoms with Gasteiger partial charge in [0.1, 0.15) is 11.5 Å². The Morgan fingerprint density at radius 1 is 1.11 bits per heavy atom. The molecule has 8 nitrogen and oxygen atoms in total. The van der Waals surface area contributed by atoms with Crippen molar-refractivity contribution < 1.29 is 22.8 Å². The van der Waals surface area contributed by atoms with Crippen LogP contribution in [0.5, 0.6) is 11.5 Å². The van der Waals surface area contributed by atoms with Gasteiger partial charge in [0, 0.05) is 24.2 Å². The van der Waals surface area contributed by atoms with E-state index >= 15 is 0 Å². The lowest BCUT2D eigenvalue weighted by molar-refractivity contribution is -0.384. The molecular weight excluding hydrogens is 372 g/mol. The Balaban J connectivity index is 1.99. The summed E-state index contributed by atoms with van der Waals surface area (Å²) in [5.41, 5.74) is 0.584. The molecule has 0 radical (unpaired) electrons. The average Bonchev–Trinajstić information content (AvgIpc) is 3.18. The number of hydrogen-bond acceptors (Lipinski definition) is 6. The largest absolute Gasteiger partial charge is 0.497 e. The molecule has 3 rings (SSSR count). The molecule has 0 saturated carbocycles. The summed E-state index contributed by atoms with van der Waals surface area (Å²) < 4.78 is 38.4. The molecule has 0 bridgehead atoms. The first-order chi connectivity index (χ1) is 12.9. The second-order valence-corrected chi connectivity index (χ2v) is 8.02. The molecule has 0 amide bonds. The summed E-state index contributed by atoms with van der Waals surface area (Å²) in [5.74, 6) is 1.21. The number of nitrogens with zero attached hydrogens (tertiary/aromatic N) is 2. The lowest BCUT2D eigenvalue weighted by Crippen LogP contribution is -2.30. The number of rotatable bonds is 6. The summed E-state index contributed by atoms with van der Waals surface area (Å²) in [6, 6.07) is 9.84. The van der Waals surface area contributed by atoms with Gasteiger partial charge in [-0.2, -0.15) is 4.31 Å². The molecule has 1 saturated heterocycles. The van der Waals surface area contributed by atoms with Crippen LogP contribution in [0.15, 0.2) is 47.4 Å². The van der Waals surface area contributed by atoms with Crippen LogP contribution in [0.3, 0.4) is 0 Å². The van der Waals surface area contributed by atoms with Gasteiger partial charge in [0.05, 0.1) is 30.1 Å². The first kappa shape index (κ1) is 19.1. The second-order valence-electron chi connectivity index (χ2n) is 6.13. The lowest BCUT2D eigenvalue weighted by Gasteiger charge is -2.26. The Morgan fingerprint density at radius 3 is 2.41 bits per heavy atom. The zero-order chi connectivity index (χ0) is 19.6. The van der Waals surface area contributed by atoms with Crippen LogP contribution in [0, 0.1) is 10.1 Å². The van der Waals surface area contributed by atoms with Gasteiger partial charge in [0.2, 0.25) is 10.0 Å². The van der Waals surface area contributed by atoms with Crippen molar-refractivity contribution in [3.05, 3.63) is 58.1 Å². The van der Waals surface area contributed by atoms with E-state index in [1.165, 1.54) is 35.7 Å². The van der Waals surface area contributed by atoms with E-state index in [2.05, 4.69) is 0 Å². The van der Waals surface area contributed by atoms with E-state index in [1.807, 2.05) is 0 Å². The van der Waals surface area contributed by atoms with Crippen molar-refractivity contribution in [2.45, 2.75) is 23.8 Å². The van der Waals surface area contributed by atoms with Crippen LogP contribution in [-0.4, -0.2) is 38.4 Å². The second kappa shape index (κ2) is 7.53. The van der Waals surface area contributed by atoms with E-state index in [1.54, 1.807) is 25.3 Å². The molecular formula is C18H20N2O6S. The van der Waals surface area contributed by atoms with Crippen molar-refractivity contribution >= 4 is 15.7 Å². The Bertz CT molecular complexity index is 943. The Morgan fingerprint density at radius 2 is 1.81 bits per heavy atom. The fourth-order valence-corrected chi connectivity index (χ4v) is 4.99. The van der Waals surface area contributed by atoms with Crippen molar-refractivity contribution in [2.24, 2.45) is 0 Å². The molecule has 1 atom stereocenters. The highest BCUT2D eigenvalue weighted by molar-refractivity contribution is 7.89. The number of sulfonamides is 1. The molecule has 0 unspecified atom stereocenters. The third-order valence-electron chi connectivity index (χ3n) is 4.65. The molecule has 1 heterocycles. The maximum atomic E-state index is 13.1. The third-order valence-corrected chi connectivity index (χ3v) is 6.58. The average molecular weight is 392 g/mol. The van der Waals surface area contributed by atoms with Crippen molar-refractivity contribution in [1.82, 2.24) is 4.31 Å². The molecule has 0 aromatic heterocycles. The molecule has 1 aliphatic rings. The summed E-state index contributed by atoms with van der Waals surface area (Å²) in [6.07, 6.45) is 1.35. The molecule has 2 aromatic carbocycles. The monoisotopic (exact) mass is 392 g/mol. The molecule has 2 aromatic rings. The van der Waals surface area contributed by atoms with Gasteiger partial charge < -0.3 is 9.47 Å². The van der Waals surface area contributed by atoms with Gasteiger partial charge in [-0.25, -0.2) is 8.42 Å². The van der Waals surface area contributed by atoms with Crippen LogP contribution in [0.1, 0.15) is 24.4 Å². The number of non-ortho nitro benzene ring substituents is 1. The number of hydrogen-bond donors (Lipinski definition) is 0. The molecule has 1 fully saturated rings. The quantitative estimate of drug-likeness (QED) is 0.553. The van der Waals surface area contributed by atoms with Gasteiger partial charge in [-0.05, 0) is 43.2 Å². The fraction of sp³-hybridized carbons (Fsp3) is 0.333. The zero-order valence-corrected chi connectivity index (χ0v) is 15.8. The molecule has 1 aliphatic heterocycles. The van der Waals surface area contributed by atoms with Crippen LogP contribution in [0.2, 0.25) is 0 Å². The van der Waals surface area contributed by atoms with E-state index in [0.717, 1.165) is 5.56 Å². The molecule has 9 heteroatoms. The van der Waals surface area contributed by atoms with Crippen molar-refractivity contribution in [1.29, 1.82) is 0 Å². The van der Waals surface area contributed by atoms with Crippen molar-refractivity contribution in [2.75, 3.05) is 20.8 Å². The highest BCUT2D eigenvalue weighted by atomic mass is 32.2. The van der Waals surface area contributed by atoms with Gasteiger partial charge in [0.15, 0.2) is 0 Å². The highest BCUT2D eigenvalue weighted by Crippen LogP contribution is 2.41. The maximum absolute atomic E-state index is 13.1. The van der Waals surface area contributed by atoms with Crippen LogP contribution < -0.4 is 9.47 Å². The van der Waals surface area contributed by atoms with Gasteiger partial charge in [-0.15, -0.1) is 0 Å². The molecule has 0 N–H and O–H groups in total. The standard InChI is InChI=1S/C18H20N2O6S/c1-25-14-7-10-18(26-2)16(12-14)17-4-3-11-19(17)27(23,24)15-8-5-13(6-9-15)20(21)22/h5-10,12,17H,3-4,11H2,1-2H3/t17-/m1/s1. The van der Waals surface area contributed by atoms with Crippen molar-refractivity contribution in [3.63, 3.8) is 0 Å². The molecule has 0 spiro atoms. The summed E-state index contributed by atoms with van der Waals surface area (Å²) in [6.45, 7) is 0.365. The van der Waals surface area contributed by atoms with Gasteiger partial charge in [-0.1, -0.05) is 0 Å². The van der Waals surface area contributed by atoms with E-state index in [9.17, 15) is 18.5 Å².